The third-order valence-corrected chi connectivity index (χ3v) is 3.91. The zero-order chi connectivity index (χ0) is 23.1. The SMILES string of the molecule is [2H]c1c([2H])c([2H])c(-c2c([2H])c([2H])c3sc4c([2H])c([2H])c(C)c([2H])c4c3c2[2H])c([2H])c1[2H]. The number of benzene rings is 3. The lowest BCUT2D eigenvalue weighted by Gasteiger charge is -2.02. The molecule has 0 N–H and O–H groups in total. The van der Waals surface area contributed by atoms with Crippen LogP contribution in [-0.4, -0.2) is 0 Å². The van der Waals surface area contributed by atoms with E-state index in [0.717, 1.165) is 11.3 Å². The average molecular weight is 285 g/mol. The van der Waals surface area contributed by atoms with Crippen molar-refractivity contribution in [1.82, 2.24) is 0 Å². The Morgan fingerprint density at radius 2 is 1.45 bits per heavy atom. The number of rotatable bonds is 1. The van der Waals surface area contributed by atoms with Crippen molar-refractivity contribution < 1.29 is 15.1 Å². The zero-order valence-electron chi connectivity index (χ0n) is 21.4. The maximum absolute atomic E-state index is 8.77. The first-order chi connectivity index (χ1) is 14.4. The molecule has 0 unspecified atom stereocenters. The van der Waals surface area contributed by atoms with E-state index in [2.05, 4.69) is 0 Å². The van der Waals surface area contributed by atoms with E-state index in [1.807, 2.05) is 0 Å². The predicted molar refractivity (Wildman–Crippen MR) is 89.5 cm³/mol. The molecule has 20 heavy (non-hydrogen) atoms. The van der Waals surface area contributed by atoms with Gasteiger partial charge in [-0.25, -0.2) is 0 Å². The van der Waals surface area contributed by atoms with E-state index < -0.39 is 36.3 Å². The molecule has 1 aromatic heterocycles. The summed E-state index contributed by atoms with van der Waals surface area (Å²) < 4.78 is 90.9. The molecule has 0 atom stereocenters. The van der Waals surface area contributed by atoms with Crippen LogP contribution >= 0.6 is 11.3 Å². The third kappa shape index (κ3) is 1.83. The van der Waals surface area contributed by atoms with Gasteiger partial charge in [-0.05, 0) is 42.2 Å². The van der Waals surface area contributed by atoms with Gasteiger partial charge < -0.3 is 0 Å². The highest BCUT2D eigenvalue weighted by atomic mass is 32.1. The molecular weight excluding hydrogens is 260 g/mol. The largest absolute Gasteiger partial charge is 0.135 e. The molecule has 3 aromatic carbocycles. The second-order valence-electron chi connectivity index (χ2n) is 4.26. The minimum atomic E-state index is -0.610. The summed E-state index contributed by atoms with van der Waals surface area (Å²) in [4.78, 5) is 0. The van der Waals surface area contributed by atoms with Crippen molar-refractivity contribution in [2.24, 2.45) is 0 Å². The maximum Gasteiger partial charge on any atom is 0.0638 e. The van der Waals surface area contributed by atoms with E-state index in [9.17, 15) is 0 Å². The Bertz CT molecular complexity index is 1420. The molecule has 4 rings (SSSR count). The third-order valence-electron chi connectivity index (χ3n) is 2.89. The van der Waals surface area contributed by atoms with Gasteiger partial charge in [-0.1, -0.05) is 47.9 Å². The topological polar surface area (TPSA) is 0 Å². The monoisotopic (exact) mass is 285 g/mol. The summed E-state index contributed by atoms with van der Waals surface area (Å²) in [5.41, 5.74) is -0.391. The highest BCUT2D eigenvalue weighted by molar-refractivity contribution is 7.25. The molecule has 0 saturated heterocycles. The Kier molecular flexibility index (Phi) is 1.12. The Morgan fingerprint density at radius 1 is 0.750 bits per heavy atom. The van der Waals surface area contributed by atoms with E-state index >= 15 is 0 Å². The first kappa shape index (κ1) is 5.01. The van der Waals surface area contributed by atoms with Crippen molar-refractivity contribution >= 4 is 31.5 Å². The lowest BCUT2D eigenvalue weighted by Crippen LogP contribution is -1.76. The van der Waals surface area contributed by atoms with Gasteiger partial charge in [-0.15, -0.1) is 11.3 Å². The van der Waals surface area contributed by atoms with Crippen LogP contribution in [0, 0.1) is 6.92 Å². The summed E-state index contributed by atoms with van der Waals surface area (Å²) >= 11 is 0.948. The molecule has 0 fully saturated rings. The summed E-state index contributed by atoms with van der Waals surface area (Å²) in [5.74, 6) is 0. The van der Waals surface area contributed by atoms with Crippen LogP contribution in [0.1, 0.15) is 20.6 Å². The molecule has 0 aliphatic carbocycles. The number of thiophene rings is 1. The van der Waals surface area contributed by atoms with Crippen LogP contribution in [0.15, 0.2) is 66.5 Å². The fraction of sp³-hybridized carbons (Fsp3) is 0.0526. The van der Waals surface area contributed by atoms with Gasteiger partial charge in [-0.3, -0.25) is 0 Å². The van der Waals surface area contributed by atoms with Crippen LogP contribution in [-0.2, 0) is 0 Å². The second-order valence-corrected chi connectivity index (χ2v) is 5.28. The van der Waals surface area contributed by atoms with Crippen LogP contribution in [0.5, 0.6) is 0 Å². The predicted octanol–water partition coefficient (Wildman–Crippen LogP) is 6.03. The highest BCUT2D eigenvalue weighted by Gasteiger charge is 2.06. The fourth-order valence-electron chi connectivity index (χ4n) is 1.99. The average Bonchev–Trinajstić information content (AvgIpc) is 3.15. The molecule has 0 spiro atoms. The molecule has 0 aliphatic heterocycles. The number of fused-ring (bicyclic) bond motifs is 3. The molecule has 0 saturated carbocycles. The van der Waals surface area contributed by atoms with E-state index in [4.69, 9.17) is 15.1 Å². The van der Waals surface area contributed by atoms with Gasteiger partial charge in [0.15, 0.2) is 0 Å². The van der Waals surface area contributed by atoms with Crippen molar-refractivity contribution in [3.63, 3.8) is 0 Å². The van der Waals surface area contributed by atoms with Crippen molar-refractivity contribution in [2.45, 2.75) is 6.92 Å². The normalized spacial score (nSPS) is 18.9. The summed E-state index contributed by atoms with van der Waals surface area (Å²) in [6, 6.07) is -4.45. The lowest BCUT2D eigenvalue weighted by molar-refractivity contribution is 1.52. The van der Waals surface area contributed by atoms with E-state index in [1.54, 1.807) is 0 Å². The minimum absolute atomic E-state index is 0.0695. The van der Waals surface area contributed by atoms with Gasteiger partial charge in [-0.2, -0.15) is 0 Å². The molecule has 0 radical (unpaired) electrons. The van der Waals surface area contributed by atoms with Gasteiger partial charge in [0.05, 0.1) is 15.1 Å². The molecule has 96 valence electrons. The Morgan fingerprint density at radius 3 is 2.25 bits per heavy atom. The number of hydrogen-bond donors (Lipinski definition) is 0. The number of hydrogen-bond acceptors (Lipinski definition) is 1. The summed E-state index contributed by atoms with van der Waals surface area (Å²) in [6.07, 6.45) is 0. The molecule has 1 heteroatoms. The van der Waals surface area contributed by atoms with Crippen LogP contribution in [0.2, 0.25) is 0 Å². The van der Waals surface area contributed by atoms with Crippen LogP contribution in [0.25, 0.3) is 31.3 Å². The molecule has 0 aliphatic rings. The Balaban J connectivity index is 2.30. The maximum atomic E-state index is 8.77. The van der Waals surface area contributed by atoms with Crippen LogP contribution in [0.3, 0.4) is 0 Å². The van der Waals surface area contributed by atoms with Gasteiger partial charge in [0.1, 0.15) is 0 Å². The quantitative estimate of drug-likeness (QED) is 0.400. The van der Waals surface area contributed by atoms with Gasteiger partial charge in [0.2, 0.25) is 0 Å². The molecule has 1 heterocycles. The summed E-state index contributed by atoms with van der Waals surface area (Å²) in [6.45, 7) is 1.52. The smallest absolute Gasteiger partial charge is 0.0638 e. The molecular formula is C19H14S. The minimum Gasteiger partial charge on any atom is -0.135 e. The Hall–Kier alpha value is -2.12. The highest BCUT2D eigenvalue weighted by Crippen LogP contribution is 2.36. The molecule has 0 bridgehead atoms. The van der Waals surface area contributed by atoms with Gasteiger partial charge >= 0.3 is 0 Å². The van der Waals surface area contributed by atoms with E-state index in [1.165, 1.54) is 6.92 Å². The Labute approximate surface area is 137 Å². The zero-order valence-corrected chi connectivity index (χ0v) is 11.2. The van der Waals surface area contributed by atoms with E-state index in [-0.39, 0.29) is 67.1 Å². The van der Waals surface area contributed by atoms with Gasteiger partial charge in [0.25, 0.3) is 0 Å². The summed E-state index contributed by atoms with van der Waals surface area (Å²) in [7, 11) is 0. The lowest BCUT2D eigenvalue weighted by atomic mass is 10.0. The summed E-state index contributed by atoms with van der Waals surface area (Å²) in [5, 5.41) is 0.315. The van der Waals surface area contributed by atoms with Crippen molar-refractivity contribution in [3.8, 4) is 11.1 Å². The second kappa shape index (κ2) is 4.46. The molecule has 0 amide bonds. The van der Waals surface area contributed by atoms with Crippen molar-refractivity contribution in [3.05, 3.63) is 72.0 Å². The molecule has 4 aromatic rings. The van der Waals surface area contributed by atoms with Crippen molar-refractivity contribution in [2.75, 3.05) is 0 Å². The standard InChI is InChI=1S/C19H14S/c1-13-7-9-18-16(11-13)17-12-15(8-10-19(17)20-18)14-5-3-2-4-6-14/h2-12H,1H3/i2D,3D,4D,5D,6D,7D,8D,9D,10D,11D,12D. The van der Waals surface area contributed by atoms with Crippen LogP contribution in [0.4, 0.5) is 0 Å². The fourth-order valence-corrected chi connectivity index (χ4v) is 2.91. The first-order valence-corrected chi connectivity index (χ1v) is 6.72. The van der Waals surface area contributed by atoms with Crippen LogP contribution < -0.4 is 0 Å². The van der Waals surface area contributed by atoms with Gasteiger partial charge in [0, 0.05) is 20.2 Å². The van der Waals surface area contributed by atoms with E-state index in [0.29, 0.717) is 0 Å². The van der Waals surface area contributed by atoms with Crippen molar-refractivity contribution in [1.29, 1.82) is 0 Å². The molecule has 0 nitrogen and oxygen atoms in total. The first-order valence-electron chi connectivity index (χ1n) is 11.4.